The number of nitrogens with zero attached hydrogens (tertiary/aromatic N) is 4. The Bertz CT molecular complexity index is 635. The maximum atomic E-state index is 12.1. The van der Waals surface area contributed by atoms with Crippen molar-refractivity contribution in [2.75, 3.05) is 11.9 Å². The van der Waals surface area contributed by atoms with Gasteiger partial charge in [0.1, 0.15) is 5.82 Å². The molecule has 0 unspecified atom stereocenters. The van der Waals surface area contributed by atoms with Crippen LogP contribution in [0.4, 0.5) is 11.4 Å². The first-order chi connectivity index (χ1) is 9.52. The summed E-state index contributed by atoms with van der Waals surface area (Å²) in [6.45, 7) is 1.90. The number of nitrogens with one attached hydrogen (secondary N) is 1. The number of carbonyl (C=O) groups is 1. The molecule has 0 aliphatic heterocycles. The van der Waals surface area contributed by atoms with E-state index in [0.717, 1.165) is 0 Å². The van der Waals surface area contributed by atoms with E-state index in [-0.39, 0.29) is 17.4 Å². The van der Waals surface area contributed by atoms with E-state index < -0.39 is 4.92 Å². The lowest BCUT2D eigenvalue weighted by molar-refractivity contribution is -0.384. The molecule has 2 rings (SSSR count). The second-order valence-electron chi connectivity index (χ2n) is 4.10. The first-order valence-electron chi connectivity index (χ1n) is 5.96. The number of carbonyl (C=O) groups excluding carboxylic acids is 1. The van der Waals surface area contributed by atoms with Crippen molar-refractivity contribution < 1.29 is 9.72 Å². The van der Waals surface area contributed by atoms with Gasteiger partial charge in [0.25, 0.3) is 11.6 Å². The molecule has 0 saturated carbocycles. The van der Waals surface area contributed by atoms with Gasteiger partial charge in [0.15, 0.2) is 0 Å². The van der Waals surface area contributed by atoms with Gasteiger partial charge in [-0.3, -0.25) is 20.0 Å². The number of aromatic nitrogens is 3. The van der Waals surface area contributed by atoms with Gasteiger partial charge in [0.05, 0.1) is 4.92 Å². The minimum Gasteiger partial charge on any atom is -0.309 e. The zero-order chi connectivity index (χ0) is 14.7. The zero-order valence-corrected chi connectivity index (χ0v) is 11.0. The highest BCUT2D eigenvalue weighted by molar-refractivity contribution is 6.03. The first-order valence-corrected chi connectivity index (χ1v) is 5.96. The number of nitro benzene ring substituents is 1. The molecule has 104 valence electrons. The van der Waals surface area contributed by atoms with Crippen LogP contribution in [0.3, 0.4) is 0 Å². The second-order valence-corrected chi connectivity index (χ2v) is 4.10. The van der Waals surface area contributed by atoms with E-state index in [2.05, 4.69) is 15.2 Å². The number of H-pyrrole nitrogens is 1. The summed E-state index contributed by atoms with van der Waals surface area (Å²) >= 11 is 0. The van der Waals surface area contributed by atoms with Gasteiger partial charge in [-0.15, -0.1) is 5.10 Å². The molecule has 8 nitrogen and oxygen atoms in total. The molecule has 0 bridgehead atoms. The number of rotatable bonds is 4. The number of aromatic amines is 1. The Kier molecular flexibility index (Phi) is 3.74. The van der Waals surface area contributed by atoms with E-state index >= 15 is 0 Å². The summed E-state index contributed by atoms with van der Waals surface area (Å²) in [5, 5.41) is 17.1. The number of non-ortho nitro benzene ring substituents is 1. The van der Waals surface area contributed by atoms with Gasteiger partial charge < -0.3 is 4.90 Å². The molecule has 0 spiro atoms. The van der Waals surface area contributed by atoms with Crippen molar-refractivity contribution in [1.29, 1.82) is 0 Å². The van der Waals surface area contributed by atoms with Crippen LogP contribution < -0.4 is 4.90 Å². The van der Waals surface area contributed by atoms with Crippen LogP contribution in [0, 0.1) is 10.1 Å². The lowest BCUT2D eigenvalue weighted by Gasteiger charge is -2.14. The van der Waals surface area contributed by atoms with Crippen molar-refractivity contribution >= 4 is 17.3 Å². The van der Waals surface area contributed by atoms with Crippen LogP contribution in [0.2, 0.25) is 0 Å². The van der Waals surface area contributed by atoms with Crippen LogP contribution >= 0.6 is 0 Å². The monoisotopic (exact) mass is 275 g/mol. The Morgan fingerprint density at radius 1 is 1.40 bits per heavy atom. The molecule has 1 N–H and O–H groups in total. The third-order valence-electron chi connectivity index (χ3n) is 2.81. The number of aryl methyl sites for hydroxylation is 1. The van der Waals surface area contributed by atoms with Crippen molar-refractivity contribution in [1.82, 2.24) is 15.2 Å². The molecule has 8 heteroatoms. The number of benzene rings is 1. The highest BCUT2D eigenvalue weighted by Crippen LogP contribution is 2.19. The number of amides is 1. The topological polar surface area (TPSA) is 105 Å². The largest absolute Gasteiger partial charge is 0.309 e. The molecule has 0 radical (unpaired) electrons. The van der Waals surface area contributed by atoms with Crippen molar-refractivity contribution in [2.24, 2.45) is 0 Å². The maximum absolute atomic E-state index is 12.1. The molecule has 2 aromatic rings. The van der Waals surface area contributed by atoms with Gasteiger partial charge in [-0.1, -0.05) is 6.92 Å². The molecule has 0 saturated heterocycles. The van der Waals surface area contributed by atoms with Crippen LogP contribution in [0.1, 0.15) is 23.4 Å². The molecule has 0 fully saturated rings. The van der Waals surface area contributed by atoms with Gasteiger partial charge in [-0.05, 0) is 12.1 Å². The Morgan fingerprint density at radius 2 is 2.05 bits per heavy atom. The molecule has 0 aliphatic rings. The standard InChI is InChI=1S/C12H13N5O3/c1-3-10-13-11(15-14-10)12(18)16(2)8-4-6-9(7-5-8)17(19)20/h4-7H,3H2,1-2H3,(H,13,14,15). The molecule has 0 atom stereocenters. The summed E-state index contributed by atoms with van der Waals surface area (Å²) < 4.78 is 0. The Labute approximate surface area is 114 Å². The predicted molar refractivity (Wildman–Crippen MR) is 71.6 cm³/mol. The minimum absolute atomic E-state index is 0.0271. The van der Waals surface area contributed by atoms with E-state index in [1.165, 1.54) is 29.2 Å². The highest BCUT2D eigenvalue weighted by atomic mass is 16.6. The van der Waals surface area contributed by atoms with Gasteiger partial charge in [0.2, 0.25) is 5.82 Å². The SMILES string of the molecule is CCc1nc(C(=O)N(C)c2ccc([N+](=O)[O-])cc2)n[nH]1. The van der Waals surface area contributed by atoms with E-state index in [0.29, 0.717) is 17.9 Å². The van der Waals surface area contributed by atoms with Gasteiger partial charge in [-0.25, -0.2) is 4.98 Å². The molecular formula is C12H13N5O3. The van der Waals surface area contributed by atoms with E-state index in [9.17, 15) is 14.9 Å². The van der Waals surface area contributed by atoms with Crippen LogP contribution in [0.5, 0.6) is 0 Å². The van der Waals surface area contributed by atoms with Crippen LogP contribution in [-0.4, -0.2) is 33.1 Å². The third kappa shape index (κ3) is 2.63. The molecule has 0 aliphatic carbocycles. The van der Waals surface area contributed by atoms with E-state index in [1.54, 1.807) is 7.05 Å². The second kappa shape index (κ2) is 5.47. The quantitative estimate of drug-likeness (QED) is 0.673. The number of hydrogen-bond donors (Lipinski definition) is 1. The van der Waals surface area contributed by atoms with Crippen LogP contribution in [0.25, 0.3) is 0 Å². The summed E-state index contributed by atoms with van der Waals surface area (Å²) in [4.78, 5) is 27.6. The summed E-state index contributed by atoms with van der Waals surface area (Å²) in [6, 6.07) is 5.69. The molecule has 1 aromatic heterocycles. The fraction of sp³-hybridized carbons (Fsp3) is 0.250. The lowest BCUT2D eigenvalue weighted by Crippen LogP contribution is -2.27. The van der Waals surface area contributed by atoms with Crippen molar-refractivity contribution in [2.45, 2.75) is 13.3 Å². The summed E-state index contributed by atoms with van der Waals surface area (Å²) in [5.41, 5.74) is 0.504. The predicted octanol–water partition coefficient (Wildman–Crippen LogP) is 1.55. The van der Waals surface area contributed by atoms with E-state index in [1.807, 2.05) is 6.92 Å². The zero-order valence-electron chi connectivity index (χ0n) is 11.0. The molecule has 1 aromatic carbocycles. The lowest BCUT2D eigenvalue weighted by atomic mass is 10.2. The molecular weight excluding hydrogens is 262 g/mol. The Hall–Kier alpha value is -2.77. The summed E-state index contributed by atoms with van der Waals surface area (Å²) in [6.07, 6.45) is 0.654. The van der Waals surface area contributed by atoms with Crippen LogP contribution in [0.15, 0.2) is 24.3 Å². The average molecular weight is 275 g/mol. The van der Waals surface area contributed by atoms with Crippen molar-refractivity contribution in [3.63, 3.8) is 0 Å². The van der Waals surface area contributed by atoms with Crippen molar-refractivity contribution in [3.05, 3.63) is 46.0 Å². The first kappa shape index (κ1) is 13.7. The third-order valence-corrected chi connectivity index (χ3v) is 2.81. The Balaban J connectivity index is 2.19. The smallest absolute Gasteiger partial charge is 0.297 e. The normalized spacial score (nSPS) is 10.3. The number of hydrogen-bond acceptors (Lipinski definition) is 5. The fourth-order valence-electron chi connectivity index (χ4n) is 1.61. The van der Waals surface area contributed by atoms with Gasteiger partial charge >= 0.3 is 0 Å². The Morgan fingerprint density at radius 3 is 2.55 bits per heavy atom. The van der Waals surface area contributed by atoms with Crippen LogP contribution in [-0.2, 0) is 6.42 Å². The fourth-order valence-corrected chi connectivity index (χ4v) is 1.61. The van der Waals surface area contributed by atoms with E-state index in [4.69, 9.17) is 0 Å². The molecule has 1 amide bonds. The molecule has 1 heterocycles. The molecule has 20 heavy (non-hydrogen) atoms. The summed E-state index contributed by atoms with van der Waals surface area (Å²) in [7, 11) is 1.56. The maximum Gasteiger partial charge on any atom is 0.297 e. The highest BCUT2D eigenvalue weighted by Gasteiger charge is 2.18. The van der Waals surface area contributed by atoms with Crippen molar-refractivity contribution in [3.8, 4) is 0 Å². The van der Waals surface area contributed by atoms with Gasteiger partial charge in [-0.2, -0.15) is 0 Å². The summed E-state index contributed by atoms with van der Waals surface area (Å²) in [5.74, 6) is 0.322. The number of anilines is 1. The average Bonchev–Trinajstić information content (AvgIpc) is 2.94. The van der Waals surface area contributed by atoms with Gasteiger partial charge in [0, 0.05) is 31.3 Å². The minimum atomic E-state index is -0.492. The number of nitro groups is 1.